The maximum atomic E-state index is 6.33. The highest BCUT2D eigenvalue weighted by Gasteiger charge is 2.31. The number of hydrogen-bond donors (Lipinski definition) is 0. The van der Waals surface area contributed by atoms with E-state index in [4.69, 9.17) is 23.2 Å². The summed E-state index contributed by atoms with van der Waals surface area (Å²) in [6.45, 7) is 6.51. The molecule has 0 saturated heterocycles. The van der Waals surface area contributed by atoms with Gasteiger partial charge in [-0.3, -0.25) is 0 Å². The first-order chi connectivity index (χ1) is 17.5. The minimum absolute atomic E-state index is 0. The Labute approximate surface area is 253 Å². The van der Waals surface area contributed by atoms with Crippen LogP contribution in [0.3, 0.4) is 0 Å². The molecule has 2 aromatic rings. The lowest BCUT2D eigenvalue weighted by atomic mass is 10.0. The van der Waals surface area contributed by atoms with Crippen molar-refractivity contribution in [2.75, 3.05) is 32.7 Å². The lowest BCUT2D eigenvalue weighted by molar-refractivity contribution is -0.001000. The third kappa shape index (κ3) is 4.08. The molecule has 0 aliphatic carbocycles. The van der Waals surface area contributed by atoms with E-state index in [9.17, 15) is 0 Å². The van der Waals surface area contributed by atoms with Gasteiger partial charge in [0.15, 0.2) is 0 Å². The lowest BCUT2D eigenvalue weighted by Gasteiger charge is -2.42. The molecule has 0 spiro atoms. The molecule has 8 rings (SSSR count). The molecule has 8 heteroatoms. The molecule has 6 heterocycles. The number of hydrogen-bond acceptors (Lipinski definition) is 4. The van der Waals surface area contributed by atoms with Gasteiger partial charge in [0.05, 0.1) is 32.8 Å². The first-order valence-electron chi connectivity index (χ1n) is 12.4. The van der Waals surface area contributed by atoms with Crippen molar-refractivity contribution in [3.8, 4) is 0 Å². The molecule has 0 bridgehead atoms. The first-order valence-corrected chi connectivity index (χ1v) is 13.2. The highest BCUT2D eigenvalue weighted by Crippen LogP contribution is 2.35. The van der Waals surface area contributed by atoms with E-state index in [1.54, 1.807) is 0 Å². The third-order valence-corrected chi connectivity index (χ3v) is 8.35. The molecule has 0 aromatic heterocycles. The van der Waals surface area contributed by atoms with E-state index in [0.29, 0.717) is 12.1 Å². The maximum Gasteiger partial charge on any atom is 0.0745 e. The van der Waals surface area contributed by atoms with Crippen LogP contribution >= 0.6 is 23.2 Å². The van der Waals surface area contributed by atoms with Crippen LogP contribution < -0.4 is 74.4 Å². The summed E-state index contributed by atoms with van der Waals surface area (Å²) in [5.41, 5.74) is 5.07. The molecule has 2 atom stereocenters. The van der Waals surface area contributed by atoms with Gasteiger partial charge in [0.1, 0.15) is 0 Å². The van der Waals surface area contributed by atoms with Gasteiger partial charge in [0.2, 0.25) is 0 Å². The average molecular weight is 673 g/mol. The van der Waals surface area contributed by atoms with E-state index < -0.39 is 0 Å². The number of anilines is 4. The van der Waals surface area contributed by atoms with Crippen LogP contribution in [0.2, 0.25) is 0 Å². The minimum Gasteiger partial charge on any atom is -1.00 e. The summed E-state index contributed by atoms with van der Waals surface area (Å²) >= 11 is 12.7. The van der Waals surface area contributed by atoms with Gasteiger partial charge in [-0.1, -0.05) is 59.6 Å². The fourth-order valence-electron chi connectivity index (χ4n) is 6.03. The fourth-order valence-corrected chi connectivity index (χ4v) is 6.44. The zero-order valence-electron chi connectivity index (χ0n) is 21.0. The Kier molecular flexibility index (Phi) is 7.38. The van der Waals surface area contributed by atoms with Crippen molar-refractivity contribution in [3.05, 3.63) is 94.2 Å². The third-order valence-electron chi connectivity index (χ3n) is 7.69. The number of allylic oxidation sites excluding steroid dienone is 4. The molecular weight excluding hydrogens is 647 g/mol. The van der Waals surface area contributed by atoms with Gasteiger partial charge in [0, 0.05) is 70.8 Å². The molecule has 2 aromatic carbocycles. The molecule has 6 aliphatic heterocycles. The van der Waals surface area contributed by atoms with Crippen LogP contribution in [0.1, 0.15) is 13.8 Å². The van der Waals surface area contributed by atoms with Gasteiger partial charge < -0.3 is 53.6 Å². The maximum absolute atomic E-state index is 6.33. The quantitative estimate of drug-likeness (QED) is 0.315. The van der Waals surface area contributed by atoms with Gasteiger partial charge in [-0.05, 0) is 38.2 Å². The van der Waals surface area contributed by atoms with Gasteiger partial charge in [-0.2, -0.15) is 0 Å². The average Bonchev–Trinajstić information content (AvgIpc) is 2.89. The van der Waals surface area contributed by atoms with Crippen molar-refractivity contribution in [2.24, 2.45) is 0 Å². The Balaban J connectivity index is 0.000000147. The Morgan fingerprint density at radius 3 is 1.45 bits per heavy atom. The van der Waals surface area contributed by atoms with Crippen LogP contribution in [0, 0.1) is 0 Å². The molecule has 0 saturated carbocycles. The summed E-state index contributed by atoms with van der Waals surface area (Å²) in [5, 5.41) is 6.47. The molecule has 38 heavy (non-hydrogen) atoms. The summed E-state index contributed by atoms with van der Waals surface area (Å²) in [7, 11) is 0. The minimum atomic E-state index is 0. The molecule has 0 fully saturated rings. The van der Waals surface area contributed by atoms with E-state index in [2.05, 4.69) is 107 Å². The van der Waals surface area contributed by atoms with Crippen LogP contribution in [0.25, 0.3) is 22.2 Å². The Hall–Kier alpha value is -2.38. The van der Waals surface area contributed by atoms with E-state index in [1.807, 2.05) is 12.2 Å². The van der Waals surface area contributed by atoms with Gasteiger partial charge >= 0.3 is 0 Å². The predicted octanol–water partition coefficient (Wildman–Crippen LogP) is -2.22. The fraction of sp³-hybridized carbons (Fsp3) is 0.200. The first kappa shape index (κ1) is 27.2. The van der Waals surface area contributed by atoms with Crippen LogP contribution in [-0.4, -0.2) is 25.2 Å². The van der Waals surface area contributed by atoms with E-state index in [1.165, 1.54) is 33.2 Å². The SMILES string of the molecule is CC1CN2C=CC=c3ccc4c(c32)N1C=CC=4Cl.CC1CN2C=CC=c3ccc4c(c32)N1C=CC=4Cl.[Br-].[Br-]. The van der Waals surface area contributed by atoms with E-state index >= 15 is 0 Å². The topological polar surface area (TPSA) is 13.0 Å². The monoisotopic (exact) mass is 670 g/mol. The van der Waals surface area contributed by atoms with Gasteiger partial charge in [-0.15, -0.1) is 0 Å². The molecule has 0 amide bonds. The predicted molar refractivity (Wildman–Crippen MR) is 154 cm³/mol. The number of benzene rings is 2. The second-order valence-corrected chi connectivity index (χ2v) is 10.8. The summed E-state index contributed by atoms with van der Waals surface area (Å²) < 4.78 is 0. The van der Waals surface area contributed by atoms with Crippen LogP contribution in [-0.2, 0) is 0 Å². The summed E-state index contributed by atoms with van der Waals surface area (Å²) in [6, 6.07) is 9.46. The zero-order chi connectivity index (χ0) is 24.6. The van der Waals surface area contributed by atoms with Crippen LogP contribution in [0.4, 0.5) is 22.7 Å². The molecule has 0 N–H and O–H groups in total. The van der Waals surface area contributed by atoms with Crippen molar-refractivity contribution in [1.82, 2.24) is 0 Å². The summed E-state index contributed by atoms with van der Waals surface area (Å²) in [4.78, 5) is 9.34. The second-order valence-electron chi connectivity index (χ2n) is 9.96. The van der Waals surface area contributed by atoms with Crippen LogP contribution in [0.5, 0.6) is 0 Å². The lowest BCUT2D eigenvalue weighted by Crippen LogP contribution is -3.00. The van der Waals surface area contributed by atoms with Crippen molar-refractivity contribution in [1.29, 1.82) is 0 Å². The molecule has 2 unspecified atom stereocenters. The van der Waals surface area contributed by atoms with Crippen molar-refractivity contribution < 1.29 is 34.0 Å². The molecule has 6 aliphatic rings. The van der Waals surface area contributed by atoms with E-state index in [0.717, 1.165) is 33.6 Å². The van der Waals surface area contributed by atoms with Crippen molar-refractivity contribution in [2.45, 2.75) is 25.9 Å². The smallest absolute Gasteiger partial charge is 0.0745 e. The summed E-state index contributed by atoms with van der Waals surface area (Å²) in [6.07, 6.45) is 21.0. The molecule has 0 radical (unpaired) electrons. The molecule has 4 nitrogen and oxygen atoms in total. The Morgan fingerprint density at radius 1 is 0.605 bits per heavy atom. The number of nitrogens with zero attached hydrogens (tertiary/aromatic N) is 4. The zero-order valence-corrected chi connectivity index (χ0v) is 25.6. The Morgan fingerprint density at radius 2 is 1.03 bits per heavy atom. The number of halogens is 4. The highest BCUT2D eigenvalue weighted by molar-refractivity contribution is 6.48. The van der Waals surface area contributed by atoms with Crippen molar-refractivity contribution in [3.63, 3.8) is 0 Å². The van der Waals surface area contributed by atoms with Gasteiger partial charge in [-0.25, -0.2) is 0 Å². The van der Waals surface area contributed by atoms with Crippen LogP contribution in [0.15, 0.2) is 73.4 Å². The standard InChI is InChI=1S/2C15H13ClN2.2BrH/c2*1-10-9-17-7-2-3-11-4-5-12-13(16)6-8-18(10)15(12)14(11)17;;/h2*2-8,10H,9H2,1H3;2*1H/p-2. The Bertz CT molecular complexity index is 1570. The summed E-state index contributed by atoms with van der Waals surface area (Å²) in [5.74, 6) is 0. The molecular formula is C30H26Br2Cl2N4-2. The molecule has 196 valence electrons. The number of rotatable bonds is 0. The second kappa shape index (κ2) is 10.3. The van der Waals surface area contributed by atoms with E-state index in [-0.39, 0.29) is 34.0 Å². The van der Waals surface area contributed by atoms with Crippen molar-refractivity contribution >= 4 is 68.2 Å². The highest BCUT2D eigenvalue weighted by atomic mass is 79.9. The normalized spacial score (nSPS) is 21.8. The largest absolute Gasteiger partial charge is 1.00 e. The van der Waals surface area contributed by atoms with Gasteiger partial charge in [0.25, 0.3) is 0 Å².